The monoisotopic (exact) mass is 178 g/mol. The van der Waals surface area contributed by atoms with Gasteiger partial charge >= 0.3 is 0 Å². The van der Waals surface area contributed by atoms with Gasteiger partial charge in [0, 0.05) is 0 Å². The Labute approximate surface area is 75.4 Å². The Morgan fingerprint density at radius 2 is 2.38 bits per heavy atom. The minimum Gasteiger partial charge on any atom is -0.472 e. The summed E-state index contributed by atoms with van der Waals surface area (Å²) < 4.78 is 10.3. The summed E-state index contributed by atoms with van der Waals surface area (Å²) in [5.41, 5.74) is 6.48. The molecular formula is C9H10N2O2. The minimum atomic E-state index is -0.180. The van der Waals surface area contributed by atoms with Crippen LogP contribution in [0, 0.1) is 0 Å². The lowest BCUT2D eigenvalue weighted by molar-refractivity contribution is 0.473. The Balaban J connectivity index is 2.33. The maximum absolute atomic E-state index is 5.60. The molecular weight excluding hydrogens is 168 g/mol. The van der Waals surface area contributed by atoms with E-state index in [4.69, 9.17) is 14.6 Å². The zero-order valence-corrected chi connectivity index (χ0v) is 7.23. The third-order valence-electron chi connectivity index (χ3n) is 1.72. The standard InChI is InChI=1S/C9H10N2O2/c1-6(10)9-11-4-8(13-9)7-2-3-12-5-7/h2-6H,10H2,1H3. The molecule has 2 aromatic heterocycles. The fraction of sp³-hybridized carbons (Fsp3) is 0.222. The van der Waals surface area contributed by atoms with Gasteiger partial charge in [0.05, 0.1) is 24.1 Å². The van der Waals surface area contributed by atoms with Crippen molar-refractivity contribution in [2.75, 3.05) is 0 Å². The number of nitrogens with two attached hydrogens (primary N) is 1. The molecule has 0 radical (unpaired) electrons. The fourth-order valence-electron chi connectivity index (χ4n) is 1.04. The number of nitrogens with zero attached hydrogens (tertiary/aromatic N) is 1. The second-order valence-electron chi connectivity index (χ2n) is 2.86. The fourth-order valence-corrected chi connectivity index (χ4v) is 1.04. The van der Waals surface area contributed by atoms with Gasteiger partial charge in [-0.05, 0) is 13.0 Å². The quantitative estimate of drug-likeness (QED) is 0.763. The second-order valence-corrected chi connectivity index (χ2v) is 2.86. The van der Waals surface area contributed by atoms with E-state index in [1.807, 2.05) is 13.0 Å². The van der Waals surface area contributed by atoms with E-state index in [1.165, 1.54) is 0 Å². The van der Waals surface area contributed by atoms with Crippen molar-refractivity contribution in [3.05, 3.63) is 30.7 Å². The molecule has 2 heterocycles. The third-order valence-corrected chi connectivity index (χ3v) is 1.72. The van der Waals surface area contributed by atoms with Crippen LogP contribution < -0.4 is 5.73 Å². The van der Waals surface area contributed by atoms with E-state index in [0.717, 1.165) is 5.56 Å². The summed E-state index contributed by atoms with van der Waals surface area (Å²) in [4.78, 5) is 4.04. The summed E-state index contributed by atoms with van der Waals surface area (Å²) in [6.07, 6.45) is 4.83. The molecule has 2 rings (SSSR count). The van der Waals surface area contributed by atoms with Crippen LogP contribution in [0.25, 0.3) is 11.3 Å². The summed E-state index contributed by atoms with van der Waals surface area (Å²) in [7, 11) is 0. The minimum absolute atomic E-state index is 0.180. The zero-order valence-electron chi connectivity index (χ0n) is 7.23. The normalized spacial score (nSPS) is 13.1. The molecule has 0 bridgehead atoms. The van der Waals surface area contributed by atoms with Crippen molar-refractivity contribution in [2.45, 2.75) is 13.0 Å². The van der Waals surface area contributed by atoms with Crippen LogP contribution in [0.2, 0.25) is 0 Å². The van der Waals surface area contributed by atoms with Gasteiger partial charge in [0.15, 0.2) is 5.76 Å². The Morgan fingerprint density at radius 3 is 2.92 bits per heavy atom. The molecule has 0 aliphatic rings. The Morgan fingerprint density at radius 1 is 1.54 bits per heavy atom. The molecule has 0 aromatic carbocycles. The third kappa shape index (κ3) is 1.48. The van der Waals surface area contributed by atoms with Crippen LogP contribution in [-0.4, -0.2) is 4.98 Å². The van der Waals surface area contributed by atoms with Gasteiger partial charge in [-0.15, -0.1) is 0 Å². The topological polar surface area (TPSA) is 65.2 Å². The van der Waals surface area contributed by atoms with E-state index in [1.54, 1.807) is 18.7 Å². The average molecular weight is 178 g/mol. The van der Waals surface area contributed by atoms with Crippen molar-refractivity contribution < 1.29 is 8.83 Å². The van der Waals surface area contributed by atoms with Gasteiger partial charge in [0.25, 0.3) is 0 Å². The smallest absolute Gasteiger partial charge is 0.211 e. The largest absolute Gasteiger partial charge is 0.472 e. The van der Waals surface area contributed by atoms with Gasteiger partial charge in [-0.3, -0.25) is 0 Å². The van der Waals surface area contributed by atoms with Gasteiger partial charge in [-0.2, -0.15) is 0 Å². The molecule has 68 valence electrons. The second kappa shape index (κ2) is 3.06. The summed E-state index contributed by atoms with van der Waals surface area (Å²) in [5.74, 6) is 1.22. The maximum Gasteiger partial charge on any atom is 0.211 e. The maximum atomic E-state index is 5.60. The molecule has 0 fully saturated rings. The Kier molecular flexibility index (Phi) is 1.90. The molecule has 0 amide bonds. The molecule has 0 aliphatic heterocycles. The van der Waals surface area contributed by atoms with Gasteiger partial charge in [0.2, 0.25) is 5.89 Å². The van der Waals surface area contributed by atoms with Crippen LogP contribution in [-0.2, 0) is 0 Å². The molecule has 0 spiro atoms. The number of oxazole rings is 1. The van der Waals surface area contributed by atoms with Crippen LogP contribution in [0.1, 0.15) is 18.9 Å². The van der Waals surface area contributed by atoms with Crippen LogP contribution >= 0.6 is 0 Å². The molecule has 4 heteroatoms. The van der Waals surface area contributed by atoms with Gasteiger partial charge in [-0.25, -0.2) is 4.98 Å². The molecule has 1 atom stereocenters. The first-order valence-corrected chi connectivity index (χ1v) is 4.01. The van der Waals surface area contributed by atoms with Crippen LogP contribution in [0.4, 0.5) is 0 Å². The highest BCUT2D eigenvalue weighted by Gasteiger charge is 2.09. The Hall–Kier alpha value is -1.55. The SMILES string of the molecule is CC(N)c1ncc(-c2ccoc2)o1. The van der Waals surface area contributed by atoms with E-state index in [9.17, 15) is 0 Å². The molecule has 0 aliphatic carbocycles. The molecule has 0 saturated heterocycles. The molecule has 13 heavy (non-hydrogen) atoms. The van der Waals surface area contributed by atoms with E-state index in [0.29, 0.717) is 11.7 Å². The van der Waals surface area contributed by atoms with E-state index >= 15 is 0 Å². The first kappa shape index (κ1) is 8.07. The van der Waals surface area contributed by atoms with E-state index in [2.05, 4.69) is 4.98 Å². The molecule has 4 nitrogen and oxygen atoms in total. The highest BCUT2D eigenvalue weighted by Crippen LogP contribution is 2.22. The lowest BCUT2D eigenvalue weighted by atomic mass is 10.3. The van der Waals surface area contributed by atoms with Crippen molar-refractivity contribution in [3.8, 4) is 11.3 Å². The van der Waals surface area contributed by atoms with Crippen molar-refractivity contribution in [1.29, 1.82) is 0 Å². The first-order chi connectivity index (χ1) is 6.27. The highest BCUT2D eigenvalue weighted by molar-refractivity contribution is 5.53. The summed E-state index contributed by atoms with van der Waals surface area (Å²) in [6, 6.07) is 1.63. The van der Waals surface area contributed by atoms with Crippen LogP contribution in [0.15, 0.2) is 33.6 Å². The number of hydrogen-bond acceptors (Lipinski definition) is 4. The van der Waals surface area contributed by atoms with Gasteiger partial charge < -0.3 is 14.6 Å². The van der Waals surface area contributed by atoms with Gasteiger partial charge in [0.1, 0.15) is 6.26 Å². The van der Waals surface area contributed by atoms with Crippen molar-refractivity contribution >= 4 is 0 Å². The average Bonchev–Trinajstić information content (AvgIpc) is 2.75. The van der Waals surface area contributed by atoms with Crippen molar-refractivity contribution in [3.63, 3.8) is 0 Å². The van der Waals surface area contributed by atoms with Gasteiger partial charge in [-0.1, -0.05) is 0 Å². The number of furan rings is 1. The highest BCUT2D eigenvalue weighted by atomic mass is 16.4. The number of aromatic nitrogens is 1. The zero-order chi connectivity index (χ0) is 9.26. The number of hydrogen-bond donors (Lipinski definition) is 1. The molecule has 2 N–H and O–H groups in total. The van der Waals surface area contributed by atoms with Crippen LogP contribution in [0.3, 0.4) is 0 Å². The summed E-state index contributed by atoms with van der Waals surface area (Å²) >= 11 is 0. The molecule has 0 saturated carbocycles. The summed E-state index contributed by atoms with van der Waals surface area (Å²) in [6.45, 7) is 1.82. The van der Waals surface area contributed by atoms with E-state index in [-0.39, 0.29) is 6.04 Å². The molecule has 2 aromatic rings. The number of rotatable bonds is 2. The van der Waals surface area contributed by atoms with Crippen molar-refractivity contribution in [1.82, 2.24) is 4.98 Å². The molecule has 1 unspecified atom stereocenters. The predicted molar refractivity (Wildman–Crippen MR) is 46.8 cm³/mol. The first-order valence-electron chi connectivity index (χ1n) is 4.01. The lowest BCUT2D eigenvalue weighted by Gasteiger charge is -1.95. The summed E-state index contributed by atoms with van der Waals surface area (Å²) in [5, 5.41) is 0. The Bertz CT molecular complexity index is 376. The van der Waals surface area contributed by atoms with E-state index < -0.39 is 0 Å². The lowest BCUT2D eigenvalue weighted by Crippen LogP contribution is -2.04. The van der Waals surface area contributed by atoms with Crippen LogP contribution in [0.5, 0.6) is 0 Å². The van der Waals surface area contributed by atoms with Crippen molar-refractivity contribution in [2.24, 2.45) is 5.73 Å². The predicted octanol–water partition coefficient (Wildman–Crippen LogP) is 1.95.